The van der Waals surface area contributed by atoms with Gasteiger partial charge in [-0.2, -0.15) is 13.2 Å². The number of hydrogen-bond acceptors (Lipinski definition) is 3. The van der Waals surface area contributed by atoms with Crippen LogP contribution in [0.1, 0.15) is 43.8 Å². The van der Waals surface area contributed by atoms with Crippen LogP contribution in [-0.2, 0) is 19.1 Å². The lowest BCUT2D eigenvalue weighted by atomic mass is 9.49. The van der Waals surface area contributed by atoms with E-state index in [0.29, 0.717) is 36.4 Å². The van der Waals surface area contributed by atoms with E-state index >= 15 is 0 Å². The first-order chi connectivity index (χ1) is 11.7. The van der Waals surface area contributed by atoms with Gasteiger partial charge in [0.1, 0.15) is 0 Å². The summed E-state index contributed by atoms with van der Waals surface area (Å²) >= 11 is 0. The Labute approximate surface area is 144 Å². The SMILES string of the molecule is CC1(C)C2CC=C(CN3CCc4nc(C(F)(F)F)[nH]c(=O)c4C3)C1C2. The van der Waals surface area contributed by atoms with Crippen LogP contribution < -0.4 is 5.56 Å². The van der Waals surface area contributed by atoms with E-state index in [1.807, 2.05) is 4.98 Å². The summed E-state index contributed by atoms with van der Waals surface area (Å²) in [5.41, 5.74) is 1.77. The van der Waals surface area contributed by atoms with Crippen LogP contribution in [0.5, 0.6) is 0 Å². The molecule has 1 N–H and O–H groups in total. The molecule has 3 aliphatic carbocycles. The summed E-state index contributed by atoms with van der Waals surface area (Å²) in [4.78, 5) is 19.8. The minimum atomic E-state index is -4.62. The molecule has 0 saturated heterocycles. The fourth-order valence-electron chi connectivity index (χ4n) is 4.66. The van der Waals surface area contributed by atoms with Crippen molar-refractivity contribution in [1.29, 1.82) is 0 Å². The van der Waals surface area contributed by atoms with E-state index in [9.17, 15) is 18.0 Å². The van der Waals surface area contributed by atoms with Gasteiger partial charge in [0.2, 0.25) is 5.82 Å². The Bertz CT molecular complexity index is 794. The van der Waals surface area contributed by atoms with Gasteiger partial charge in [-0.15, -0.1) is 0 Å². The van der Waals surface area contributed by atoms with Crippen molar-refractivity contribution in [3.63, 3.8) is 0 Å². The molecule has 1 aromatic heterocycles. The van der Waals surface area contributed by atoms with E-state index in [1.54, 1.807) is 0 Å². The van der Waals surface area contributed by atoms with Gasteiger partial charge in [-0.1, -0.05) is 25.5 Å². The number of nitrogens with zero attached hydrogens (tertiary/aromatic N) is 2. The Balaban J connectivity index is 1.52. The van der Waals surface area contributed by atoms with Crippen molar-refractivity contribution in [3.05, 3.63) is 39.1 Å². The third-order valence-corrected chi connectivity index (χ3v) is 6.41. The predicted octanol–water partition coefficient (Wildman–Crippen LogP) is 3.14. The van der Waals surface area contributed by atoms with Crippen LogP contribution in [0, 0.1) is 17.3 Å². The van der Waals surface area contributed by atoms with Crippen molar-refractivity contribution in [3.8, 4) is 0 Å². The molecule has 1 aliphatic heterocycles. The number of H-pyrrole nitrogens is 1. The molecule has 7 heteroatoms. The standard InChI is InChI=1S/C18H22F3N3O/c1-17(2)11-4-3-10(13(17)7-11)8-24-6-5-14-12(9-24)15(25)23-16(22-14)18(19,20)21/h3,11,13H,4-9H2,1-2H3,(H,22,23,25). The summed E-state index contributed by atoms with van der Waals surface area (Å²) in [6, 6.07) is 0. The maximum atomic E-state index is 12.8. The zero-order chi connectivity index (χ0) is 18.0. The number of aromatic nitrogens is 2. The number of halogens is 3. The van der Waals surface area contributed by atoms with Gasteiger partial charge in [0.15, 0.2) is 0 Å². The lowest BCUT2D eigenvalue weighted by Gasteiger charge is -2.57. The quantitative estimate of drug-likeness (QED) is 0.831. The molecule has 1 fully saturated rings. The molecule has 0 aromatic carbocycles. The number of hydrogen-bond donors (Lipinski definition) is 1. The average molecular weight is 353 g/mol. The Morgan fingerprint density at radius 2 is 2.16 bits per heavy atom. The largest absolute Gasteiger partial charge is 0.449 e. The Hall–Kier alpha value is -1.63. The number of alkyl halides is 3. The van der Waals surface area contributed by atoms with Crippen LogP contribution in [0.3, 0.4) is 0 Å². The first-order valence-corrected chi connectivity index (χ1v) is 8.77. The molecule has 2 bridgehead atoms. The summed E-state index contributed by atoms with van der Waals surface area (Å²) < 4.78 is 38.4. The summed E-state index contributed by atoms with van der Waals surface area (Å²) in [5.74, 6) is 0.176. The van der Waals surface area contributed by atoms with Crippen molar-refractivity contribution in [2.75, 3.05) is 13.1 Å². The van der Waals surface area contributed by atoms with Gasteiger partial charge in [-0.05, 0) is 30.1 Å². The molecular formula is C18H22F3N3O. The van der Waals surface area contributed by atoms with Crippen LogP contribution in [0.15, 0.2) is 16.4 Å². The third-order valence-electron chi connectivity index (χ3n) is 6.41. The van der Waals surface area contributed by atoms with Crippen molar-refractivity contribution < 1.29 is 13.2 Å². The van der Waals surface area contributed by atoms with Crippen molar-refractivity contribution >= 4 is 0 Å². The molecule has 2 atom stereocenters. The van der Waals surface area contributed by atoms with E-state index < -0.39 is 17.6 Å². The highest BCUT2D eigenvalue weighted by atomic mass is 19.4. The Kier molecular flexibility index (Phi) is 3.65. The highest BCUT2D eigenvalue weighted by Crippen LogP contribution is 2.59. The molecule has 5 rings (SSSR count). The van der Waals surface area contributed by atoms with E-state index in [2.05, 4.69) is 29.8 Å². The molecule has 25 heavy (non-hydrogen) atoms. The Morgan fingerprint density at radius 1 is 1.40 bits per heavy atom. The summed E-state index contributed by atoms with van der Waals surface area (Å²) in [6.07, 6.45) is 0.437. The monoisotopic (exact) mass is 353 g/mol. The fourth-order valence-corrected chi connectivity index (χ4v) is 4.66. The lowest BCUT2D eigenvalue weighted by molar-refractivity contribution is -0.145. The second-order valence-electron chi connectivity index (χ2n) is 8.12. The van der Waals surface area contributed by atoms with E-state index in [4.69, 9.17) is 0 Å². The number of rotatable bonds is 2. The molecule has 0 spiro atoms. The smallest absolute Gasteiger partial charge is 0.303 e. The third kappa shape index (κ3) is 2.72. The molecular weight excluding hydrogens is 331 g/mol. The number of aromatic amines is 1. The van der Waals surface area contributed by atoms with Crippen molar-refractivity contribution in [2.45, 2.75) is 45.8 Å². The van der Waals surface area contributed by atoms with Crippen molar-refractivity contribution in [2.24, 2.45) is 17.3 Å². The molecule has 4 aliphatic rings. The second kappa shape index (κ2) is 5.43. The van der Waals surface area contributed by atoms with E-state index in [1.165, 1.54) is 12.0 Å². The maximum absolute atomic E-state index is 12.8. The molecule has 2 unspecified atom stereocenters. The first-order valence-electron chi connectivity index (χ1n) is 8.77. The molecule has 136 valence electrons. The molecule has 0 amide bonds. The zero-order valence-electron chi connectivity index (χ0n) is 14.4. The van der Waals surface area contributed by atoms with Crippen LogP contribution >= 0.6 is 0 Å². The highest BCUT2D eigenvalue weighted by molar-refractivity contribution is 5.26. The second-order valence-corrected chi connectivity index (χ2v) is 8.12. The van der Waals surface area contributed by atoms with Gasteiger partial charge < -0.3 is 4.98 Å². The van der Waals surface area contributed by atoms with E-state index in [0.717, 1.165) is 18.9 Å². The average Bonchev–Trinajstić information content (AvgIpc) is 2.54. The van der Waals surface area contributed by atoms with Gasteiger partial charge in [0.05, 0.1) is 11.3 Å². The zero-order valence-corrected chi connectivity index (χ0v) is 14.4. The fraction of sp³-hybridized carbons (Fsp3) is 0.667. The summed E-state index contributed by atoms with van der Waals surface area (Å²) in [7, 11) is 0. The first kappa shape index (κ1) is 16.8. The lowest BCUT2D eigenvalue weighted by Crippen LogP contribution is -2.50. The van der Waals surface area contributed by atoms with Gasteiger partial charge in [-0.3, -0.25) is 9.69 Å². The molecule has 0 radical (unpaired) electrons. The molecule has 2 heterocycles. The molecule has 4 nitrogen and oxygen atoms in total. The maximum Gasteiger partial charge on any atom is 0.449 e. The van der Waals surface area contributed by atoms with Gasteiger partial charge in [0, 0.05) is 26.1 Å². The summed E-state index contributed by atoms with van der Waals surface area (Å²) in [5, 5.41) is 0. The molecule has 1 saturated carbocycles. The highest BCUT2D eigenvalue weighted by Gasteiger charge is 2.51. The number of fused-ring (bicyclic) bond motifs is 2. The van der Waals surface area contributed by atoms with Crippen LogP contribution in [0.2, 0.25) is 0 Å². The Morgan fingerprint density at radius 3 is 2.80 bits per heavy atom. The summed E-state index contributed by atoms with van der Waals surface area (Å²) in [6.45, 7) is 6.42. The van der Waals surface area contributed by atoms with E-state index in [-0.39, 0.29) is 5.69 Å². The predicted molar refractivity (Wildman–Crippen MR) is 86.9 cm³/mol. The minimum Gasteiger partial charge on any atom is -0.303 e. The molecule has 1 aromatic rings. The topological polar surface area (TPSA) is 49.0 Å². The van der Waals surface area contributed by atoms with Crippen LogP contribution in [0.4, 0.5) is 13.2 Å². The van der Waals surface area contributed by atoms with Gasteiger partial charge in [-0.25, -0.2) is 4.98 Å². The minimum absolute atomic E-state index is 0.286. The normalized spacial score (nSPS) is 28.1. The van der Waals surface area contributed by atoms with Gasteiger partial charge >= 0.3 is 6.18 Å². The van der Waals surface area contributed by atoms with Gasteiger partial charge in [0.25, 0.3) is 5.56 Å². The number of allylic oxidation sites excluding steroid dienone is 1. The van der Waals surface area contributed by atoms with Crippen LogP contribution in [0.25, 0.3) is 0 Å². The van der Waals surface area contributed by atoms with Crippen molar-refractivity contribution in [1.82, 2.24) is 14.9 Å². The van der Waals surface area contributed by atoms with Crippen LogP contribution in [-0.4, -0.2) is 28.0 Å². The number of nitrogens with one attached hydrogen (secondary N) is 1.